The summed E-state index contributed by atoms with van der Waals surface area (Å²) in [4.78, 5) is 4.08. The van der Waals surface area contributed by atoms with E-state index >= 15 is 0 Å². The molecule has 106 valence electrons. The lowest BCUT2D eigenvalue weighted by Crippen LogP contribution is -2.18. The molecule has 0 spiro atoms. The molecule has 2 rings (SSSR count). The van der Waals surface area contributed by atoms with Crippen molar-refractivity contribution < 1.29 is 8.42 Å². The van der Waals surface area contributed by atoms with E-state index in [0.717, 1.165) is 5.69 Å². The number of benzene rings is 1. The van der Waals surface area contributed by atoms with Crippen LogP contribution in [0.5, 0.6) is 0 Å². The second-order valence-electron chi connectivity index (χ2n) is 4.23. The van der Waals surface area contributed by atoms with Gasteiger partial charge >= 0.3 is 0 Å². The van der Waals surface area contributed by atoms with Crippen LogP contribution in [0.2, 0.25) is 5.02 Å². The molecule has 1 aromatic heterocycles. The van der Waals surface area contributed by atoms with Gasteiger partial charge in [-0.2, -0.15) is 0 Å². The van der Waals surface area contributed by atoms with Crippen molar-refractivity contribution in [3.63, 3.8) is 0 Å². The van der Waals surface area contributed by atoms with Crippen molar-refractivity contribution >= 4 is 33.0 Å². The monoisotopic (exact) mass is 311 g/mol. The Balaban J connectivity index is 2.04. The van der Waals surface area contributed by atoms with E-state index in [-0.39, 0.29) is 10.8 Å². The molecule has 20 heavy (non-hydrogen) atoms. The number of aryl methyl sites for hydroxylation is 1. The van der Waals surface area contributed by atoms with Gasteiger partial charge in [-0.25, -0.2) is 8.42 Å². The van der Waals surface area contributed by atoms with Crippen molar-refractivity contribution in [2.24, 2.45) is 0 Å². The van der Waals surface area contributed by atoms with Crippen molar-refractivity contribution in [1.82, 2.24) is 4.98 Å². The Kier molecular flexibility index (Phi) is 4.46. The van der Waals surface area contributed by atoms with Crippen LogP contribution >= 0.6 is 11.6 Å². The Labute approximate surface area is 122 Å². The highest BCUT2D eigenvalue weighted by atomic mass is 35.5. The SMILES string of the molecule is Nc1ccc(NS(=O)(=O)CCc2ccccn2)c(Cl)c1. The summed E-state index contributed by atoms with van der Waals surface area (Å²) in [5, 5.41) is 0.270. The van der Waals surface area contributed by atoms with Gasteiger partial charge in [0.05, 0.1) is 16.5 Å². The molecule has 2 aromatic rings. The average Bonchev–Trinajstić information content (AvgIpc) is 2.41. The first-order valence-electron chi connectivity index (χ1n) is 5.92. The molecule has 0 unspecified atom stereocenters. The number of nitrogen functional groups attached to an aromatic ring is 1. The van der Waals surface area contributed by atoms with Crippen LogP contribution in [0, 0.1) is 0 Å². The van der Waals surface area contributed by atoms with Gasteiger partial charge in [-0.1, -0.05) is 17.7 Å². The minimum Gasteiger partial charge on any atom is -0.399 e. The second kappa shape index (κ2) is 6.11. The van der Waals surface area contributed by atoms with Gasteiger partial charge in [0.2, 0.25) is 10.0 Å². The summed E-state index contributed by atoms with van der Waals surface area (Å²) in [5.41, 5.74) is 7.08. The van der Waals surface area contributed by atoms with Gasteiger partial charge < -0.3 is 5.73 Å². The molecular formula is C13H14ClN3O2S. The number of nitrogens with zero attached hydrogens (tertiary/aromatic N) is 1. The summed E-state index contributed by atoms with van der Waals surface area (Å²) in [5.74, 6) is -0.0648. The van der Waals surface area contributed by atoms with Crippen molar-refractivity contribution in [2.45, 2.75) is 6.42 Å². The van der Waals surface area contributed by atoms with Gasteiger partial charge in [0.25, 0.3) is 0 Å². The summed E-state index contributed by atoms with van der Waals surface area (Å²) in [7, 11) is -3.48. The number of aromatic nitrogens is 1. The fourth-order valence-electron chi connectivity index (χ4n) is 1.62. The number of sulfonamides is 1. The average molecular weight is 312 g/mol. The molecule has 3 N–H and O–H groups in total. The molecule has 0 aliphatic rings. The molecule has 5 nitrogen and oxygen atoms in total. The van der Waals surface area contributed by atoms with E-state index in [1.807, 2.05) is 6.07 Å². The molecule has 1 aromatic carbocycles. The highest BCUT2D eigenvalue weighted by Crippen LogP contribution is 2.25. The topological polar surface area (TPSA) is 85.1 Å². The molecule has 0 aliphatic carbocycles. The van der Waals surface area contributed by atoms with Crippen LogP contribution in [-0.2, 0) is 16.4 Å². The summed E-state index contributed by atoms with van der Waals surface area (Å²) in [6.07, 6.45) is 1.97. The largest absolute Gasteiger partial charge is 0.399 e. The molecule has 0 amide bonds. The summed E-state index contributed by atoms with van der Waals surface area (Å²) in [6.45, 7) is 0. The normalized spacial score (nSPS) is 11.2. The van der Waals surface area contributed by atoms with Gasteiger partial charge in [0, 0.05) is 24.0 Å². The van der Waals surface area contributed by atoms with Gasteiger partial charge in [0.1, 0.15) is 0 Å². The number of hydrogen-bond acceptors (Lipinski definition) is 4. The first-order chi connectivity index (χ1) is 9.46. The van der Waals surface area contributed by atoms with E-state index in [4.69, 9.17) is 17.3 Å². The van der Waals surface area contributed by atoms with E-state index < -0.39 is 10.0 Å². The molecule has 1 heterocycles. The van der Waals surface area contributed by atoms with Gasteiger partial charge in [0.15, 0.2) is 0 Å². The lowest BCUT2D eigenvalue weighted by atomic mass is 10.3. The number of anilines is 2. The lowest BCUT2D eigenvalue weighted by molar-refractivity contribution is 0.600. The predicted molar refractivity (Wildman–Crippen MR) is 81.2 cm³/mol. The van der Waals surface area contributed by atoms with Gasteiger partial charge in [-0.15, -0.1) is 0 Å². The lowest BCUT2D eigenvalue weighted by Gasteiger charge is -2.09. The zero-order valence-corrected chi connectivity index (χ0v) is 12.2. The summed E-state index contributed by atoms with van der Waals surface area (Å²) >= 11 is 5.93. The molecule has 0 radical (unpaired) electrons. The van der Waals surface area contributed by atoms with Crippen molar-refractivity contribution in [2.75, 3.05) is 16.2 Å². The van der Waals surface area contributed by atoms with Crippen LogP contribution in [-0.4, -0.2) is 19.2 Å². The zero-order valence-electron chi connectivity index (χ0n) is 10.6. The van der Waals surface area contributed by atoms with Crippen LogP contribution in [0.3, 0.4) is 0 Å². The zero-order chi connectivity index (χ0) is 14.6. The first-order valence-corrected chi connectivity index (χ1v) is 7.95. The van der Waals surface area contributed by atoms with Crippen molar-refractivity contribution in [1.29, 1.82) is 0 Å². The van der Waals surface area contributed by atoms with Crippen molar-refractivity contribution in [3.8, 4) is 0 Å². The summed E-state index contributed by atoms with van der Waals surface area (Å²) < 4.78 is 26.4. The summed E-state index contributed by atoms with van der Waals surface area (Å²) in [6, 6.07) is 10.0. The Morgan fingerprint density at radius 2 is 2.05 bits per heavy atom. The molecule has 0 atom stereocenters. The van der Waals surface area contributed by atoms with E-state index in [0.29, 0.717) is 17.8 Å². The third-order valence-electron chi connectivity index (χ3n) is 2.61. The molecule has 7 heteroatoms. The third kappa shape index (κ3) is 4.11. The maximum Gasteiger partial charge on any atom is 0.233 e. The number of nitrogens with one attached hydrogen (secondary N) is 1. The Bertz CT molecular complexity index is 690. The number of nitrogens with two attached hydrogens (primary N) is 1. The predicted octanol–water partition coefficient (Wildman–Crippen LogP) is 2.30. The molecule has 0 saturated heterocycles. The Morgan fingerprint density at radius 1 is 1.25 bits per heavy atom. The van der Waals surface area contributed by atoms with Gasteiger partial charge in [-0.3, -0.25) is 9.71 Å². The van der Waals surface area contributed by atoms with E-state index in [1.54, 1.807) is 24.4 Å². The van der Waals surface area contributed by atoms with Crippen LogP contribution in [0.15, 0.2) is 42.6 Å². The highest BCUT2D eigenvalue weighted by Gasteiger charge is 2.13. The maximum absolute atomic E-state index is 12.0. The minimum absolute atomic E-state index is 0.0648. The Morgan fingerprint density at radius 3 is 2.70 bits per heavy atom. The standard InChI is InChI=1S/C13H14ClN3O2S/c14-12-9-10(15)4-5-13(12)17-20(18,19)8-6-11-3-1-2-7-16-11/h1-5,7,9,17H,6,8,15H2. The van der Waals surface area contributed by atoms with Crippen LogP contribution in [0.4, 0.5) is 11.4 Å². The third-order valence-corrected chi connectivity index (χ3v) is 4.20. The molecule has 0 aliphatic heterocycles. The highest BCUT2D eigenvalue weighted by molar-refractivity contribution is 7.92. The minimum atomic E-state index is -3.48. The number of rotatable bonds is 5. The van der Waals surface area contributed by atoms with E-state index in [9.17, 15) is 8.42 Å². The molecule has 0 fully saturated rings. The number of pyridine rings is 1. The number of hydrogen-bond donors (Lipinski definition) is 2. The maximum atomic E-state index is 12.0. The second-order valence-corrected chi connectivity index (χ2v) is 6.48. The van der Waals surface area contributed by atoms with Crippen LogP contribution < -0.4 is 10.5 Å². The fraction of sp³-hybridized carbons (Fsp3) is 0.154. The smallest absolute Gasteiger partial charge is 0.233 e. The van der Waals surface area contributed by atoms with E-state index in [1.165, 1.54) is 12.1 Å². The van der Waals surface area contributed by atoms with Gasteiger partial charge in [-0.05, 0) is 30.3 Å². The fourth-order valence-corrected chi connectivity index (χ4v) is 3.00. The number of halogens is 1. The van der Waals surface area contributed by atoms with Crippen LogP contribution in [0.25, 0.3) is 0 Å². The molecule has 0 bridgehead atoms. The molecular weight excluding hydrogens is 298 g/mol. The quantitative estimate of drug-likeness (QED) is 0.830. The Hall–Kier alpha value is -1.79. The molecule has 0 saturated carbocycles. The van der Waals surface area contributed by atoms with Crippen LogP contribution in [0.1, 0.15) is 5.69 Å². The van der Waals surface area contributed by atoms with Crippen molar-refractivity contribution in [3.05, 3.63) is 53.3 Å². The first kappa shape index (κ1) is 14.6. The van der Waals surface area contributed by atoms with E-state index in [2.05, 4.69) is 9.71 Å².